The molecule has 1 heterocycles. The van der Waals surface area contributed by atoms with Gasteiger partial charge >= 0.3 is 0 Å². The fraction of sp³-hybridized carbons (Fsp3) is 0.360. The minimum Gasteiger partial charge on any atom is -0.507 e. The molecule has 1 N–H and O–H groups in total. The molecule has 0 aromatic heterocycles. The number of rotatable bonds is 9. The van der Waals surface area contributed by atoms with Crippen LogP contribution < -0.4 is 4.74 Å². The van der Waals surface area contributed by atoms with Crippen molar-refractivity contribution in [2.75, 3.05) is 19.8 Å². The first-order valence-electron chi connectivity index (χ1n) is 10.7. The van der Waals surface area contributed by atoms with Crippen molar-refractivity contribution in [3.8, 4) is 5.75 Å². The third-order valence-corrected chi connectivity index (χ3v) is 5.16. The number of aliphatic hydroxyl groups is 1. The highest BCUT2D eigenvalue weighted by Gasteiger charge is 2.45. The van der Waals surface area contributed by atoms with Crippen LogP contribution in [0.25, 0.3) is 5.76 Å². The van der Waals surface area contributed by atoms with Crippen LogP contribution in [0.2, 0.25) is 0 Å². The Kier molecular flexibility index (Phi) is 7.64. The Morgan fingerprint density at radius 3 is 2.34 bits per heavy atom. The number of hydrogen-bond acceptors (Lipinski definition) is 5. The van der Waals surface area contributed by atoms with E-state index in [1.54, 1.807) is 24.3 Å². The molecule has 3 rings (SSSR count). The average Bonchev–Trinajstić information content (AvgIpc) is 3.02. The highest BCUT2D eigenvalue weighted by molar-refractivity contribution is 6.46. The fourth-order valence-electron chi connectivity index (χ4n) is 3.69. The molecule has 0 bridgehead atoms. The van der Waals surface area contributed by atoms with E-state index in [4.69, 9.17) is 9.47 Å². The first-order valence-corrected chi connectivity index (χ1v) is 10.7. The number of Topliss-reactive ketones (excluding diaryl/α,β-unsaturated/α-hetero) is 1. The standard InChI is InChI=1S/C25H28FNO5/c1-4-31-20-12-8-18(9-13-20)23(28)21-22(17-6-10-19(26)11-7-17)27(25(30)24(21)29)14-5-15-32-16(2)3/h6-13,16,22,28H,4-5,14-15H2,1-3H3/b23-21+. The average molecular weight is 441 g/mol. The molecular formula is C25H28FNO5. The summed E-state index contributed by atoms with van der Waals surface area (Å²) in [4.78, 5) is 27.2. The number of nitrogens with zero attached hydrogens (tertiary/aromatic N) is 1. The number of aliphatic hydroxyl groups excluding tert-OH is 1. The van der Waals surface area contributed by atoms with Crippen LogP contribution >= 0.6 is 0 Å². The summed E-state index contributed by atoms with van der Waals surface area (Å²) in [6.45, 7) is 6.89. The van der Waals surface area contributed by atoms with E-state index in [9.17, 15) is 19.1 Å². The van der Waals surface area contributed by atoms with E-state index in [-0.39, 0.29) is 24.0 Å². The van der Waals surface area contributed by atoms with Crippen molar-refractivity contribution in [3.63, 3.8) is 0 Å². The smallest absolute Gasteiger partial charge is 0.295 e. The number of ketones is 1. The molecule has 7 heteroatoms. The highest BCUT2D eigenvalue weighted by Crippen LogP contribution is 2.39. The number of hydrogen-bond donors (Lipinski definition) is 1. The van der Waals surface area contributed by atoms with E-state index in [1.807, 2.05) is 20.8 Å². The molecule has 2 aromatic carbocycles. The molecule has 1 aliphatic heterocycles. The molecule has 2 aromatic rings. The maximum absolute atomic E-state index is 13.5. The molecule has 6 nitrogen and oxygen atoms in total. The van der Waals surface area contributed by atoms with Gasteiger partial charge in [-0.05, 0) is 69.2 Å². The molecule has 0 aliphatic carbocycles. The first-order chi connectivity index (χ1) is 15.3. The van der Waals surface area contributed by atoms with Gasteiger partial charge in [0.05, 0.1) is 24.3 Å². The summed E-state index contributed by atoms with van der Waals surface area (Å²) in [5, 5.41) is 11.0. The monoisotopic (exact) mass is 441 g/mol. The fourth-order valence-corrected chi connectivity index (χ4v) is 3.69. The summed E-state index contributed by atoms with van der Waals surface area (Å²) in [6, 6.07) is 11.4. The lowest BCUT2D eigenvalue weighted by molar-refractivity contribution is -0.140. The van der Waals surface area contributed by atoms with E-state index in [1.165, 1.54) is 29.2 Å². The van der Waals surface area contributed by atoms with Crippen LogP contribution in [0, 0.1) is 5.82 Å². The van der Waals surface area contributed by atoms with Crippen molar-refractivity contribution < 1.29 is 28.6 Å². The zero-order chi connectivity index (χ0) is 23.3. The molecule has 0 radical (unpaired) electrons. The molecule has 170 valence electrons. The molecule has 32 heavy (non-hydrogen) atoms. The lowest BCUT2D eigenvalue weighted by Crippen LogP contribution is -2.31. The first kappa shape index (κ1) is 23.5. The number of amides is 1. The topological polar surface area (TPSA) is 76.1 Å². The molecular weight excluding hydrogens is 413 g/mol. The van der Waals surface area contributed by atoms with Gasteiger partial charge < -0.3 is 19.5 Å². The molecule has 1 aliphatic rings. The Labute approximate surface area is 187 Å². The summed E-state index contributed by atoms with van der Waals surface area (Å²) in [5.74, 6) is -1.54. The van der Waals surface area contributed by atoms with E-state index in [0.29, 0.717) is 36.5 Å². The molecule has 1 saturated heterocycles. The van der Waals surface area contributed by atoms with Crippen LogP contribution in [0.5, 0.6) is 5.75 Å². The zero-order valence-electron chi connectivity index (χ0n) is 18.5. The van der Waals surface area contributed by atoms with Gasteiger partial charge in [0.1, 0.15) is 17.3 Å². The van der Waals surface area contributed by atoms with E-state index in [0.717, 1.165) is 0 Å². The summed E-state index contributed by atoms with van der Waals surface area (Å²) in [5.41, 5.74) is 0.917. The van der Waals surface area contributed by atoms with Crippen molar-refractivity contribution >= 4 is 17.4 Å². The van der Waals surface area contributed by atoms with E-state index < -0.39 is 23.5 Å². The van der Waals surface area contributed by atoms with Crippen LogP contribution in [0.1, 0.15) is 44.4 Å². The van der Waals surface area contributed by atoms with Crippen LogP contribution in [0.15, 0.2) is 54.1 Å². The van der Waals surface area contributed by atoms with Crippen molar-refractivity contribution in [2.24, 2.45) is 0 Å². The predicted octanol–water partition coefficient (Wildman–Crippen LogP) is 4.46. The molecule has 0 saturated carbocycles. The number of carbonyl (C=O) groups excluding carboxylic acids is 2. The van der Waals surface area contributed by atoms with Gasteiger partial charge in [0.2, 0.25) is 0 Å². The number of halogens is 1. The van der Waals surface area contributed by atoms with E-state index >= 15 is 0 Å². The van der Waals surface area contributed by atoms with Crippen LogP contribution in [-0.2, 0) is 14.3 Å². The number of carbonyl (C=O) groups is 2. The Morgan fingerprint density at radius 2 is 1.75 bits per heavy atom. The summed E-state index contributed by atoms with van der Waals surface area (Å²) in [7, 11) is 0. The zero-order valence-corrected chi connectivity index (χ0v) is 18.5. The van der Waals surface area contributed by atoms with Gasteiger partial charge in [0.15, 0.2) is 0 Å². The quantitative estimate of drug-likeness (QED) is 0.269. The number of likely N-dealkylation sites (tertiary alicyclic amines) is 1. The Morgan fingerprint density at radius 1 is 1.09 bits per heavy atom. The van der Waals surface area contributed by atoms with Crippen molar-refractivity contribution in [3.05, 3.63) is 71.0 Å². The predicted molar refractivity (Wildman–Crippen MR) is 119 cm³/mol. The van der Waals surface area contributed by atoms with Gasteiger partial charge in [0.25, 0.3) is 11.7 Å². The third kappa shape index (κ3) is 5.16. The van der Waals surface area contributed by atoms with Gasteiger partial charge in [0, 0.05) is 18.7 Å². The van der Waals surface area contributed by atoms with Gasteiger partial charge in [-0.3, -0.25) is 9.59 Å². The second kappa shape index (κ2) is 10.4. The van der Waals surface area contributed by atoms with Crippen LogP contribution in [-0.4, -0.2) is 47.6 Å². The Hall–Kier alpha value is -3.19. The molecule has 1 atom stereocenters. The van der Waals surface area contributed by atoms with Gasteiger partial charge in [-0.1, -0.05) is 12.1 Å². The second-order valence-electron chi connectivity index (χ2n) is 7.77. The van der Waals surface area contributed by atoms with Gasteiger partial charge in [-0.15, -0.1) is 0 Å². The second-order valence-corrected chi connectivity index (χ2v) is 7.77. The largest absolute Gasteiger partial charge is 0.507 e. The highest BCUT2D eigenvalue weighted by atomic mass is 19.1. The van der Waals surface area contributed by atoms with Crippen LogP contribution in [0.4, 0.5) is 4.39 Å². The van der Waals surface area contributed by atoms with Crippen molar-refractivity contribution in [1.29, 1.82) is 0 Å². The lowest BCUT2D eigenvalue weighted by atomic mass is 9.95. The minimum atomic E-state index is -0.818. The molecule has 1 unspecified atom stereocenters. The van der Waals surface area contributed by atoms with Gasteiger partial charge in [-0.25, -0.2) is 4.39 Å². The number of benzene rings is 2. The maximum atomic E-state index is 13.5. The SMILES string of the molecule is CCOc1ccc(/C(O)=C2\C(=O)C(=O)N(CCCOC(C)C)C2c2ccc(F)cc2)cc1. The Balaban J connectivity index is 1.99. The lowest BCUT2D eigenvalue weighted by Gasteiger charge is -2.25. The number of ether oxygens (including phenoxy) is 2. The summed E-state index contributed by atoms with van der Waals surface area (Å²) < 4.78 is 24.5. The van der Waals surface area contributed by atoms with E-state index in [2.05, 4.69) is 0 Å². The van der Waals surface area contributed by atoms with Crippen molar-refractivity contribution in [1.82, 2.24) is 4.90 Å². The molecule has 0 spiro atoms. The van der Waals surface area contributed by atoms with Crippen LogP contribution in [0.3, 0.4) is 0 Å². The summed E-state index contributed by atoms with van der Waals surface area (Å²) >= 11 is 0. The normalized spacial score (nSPS) is 17.9. The third-order valence-electron chi connectivity index (χ3n) is 5.16. The molecule has 1 fully saturated rings. The van der Waals surface area contributed by atoms with Gasteiger partial charge in [-0.2, -0.15) is 0 Å². The maximum Gasteiger partial charge on any atom is 0.295 e. The minimum absolute atomic E-state index is 0.0180. The Bertz CT molecular complexity index is 982. The van der Waals surface area contributed by atoms with Crippen molar-refractivity contribution in [2.45, 2.75) is 39.3 Å². The molecule has 1 amide bonds. The summed E-state index contributed by atoms with van der Waals surface area (Å²) in [6.07, 6.45) is 0.574.